The summed E-state index contributed by atoms with van der Waals surface area (Å²) in [6, 6.07) is 8.81. The van der Waals surface area contributed by atoms with E-state index < -0.39 is 36.2 Å². The minimum atomic E-state index is -5.26. The first-order chi connectivity index (χ1) is 12.7. The van der Waals surface area contributed by atoms with Crippen LogP contribution < -0.4 is 10.6 Å². The quantitative estimate of drug-likeness (QED) is 0.794. The summed E-state index contributed by atoms with van der Waals surface area (Å²) >= 11 is 0. The van der Waals surface area contributed by atoms with Crippen molar-refractivity contribution in [2.75, 3.05) is 0 Å². The van der Waals surface area contributed by atoms with Crippen LogP contribution in [0.15, 0.2) is 54.9 Å². The van der Waals surface area contributed by atoms with E-state index in [1.807, 2.05) is 0 Å². The summed E-state index contributed by atoms with van der Waals surface area (Å²) < 4.78 is 41.2. The summed E-state index contributed by atoms with van der Waals surface area (Å²) in [7, 11) is 0. The molecule has 2 heterocycles. The van der Waals surface area contributed by atoms with E-state index >= 15 is 0 Å². The predicted molar refractivity (Wildman–Crippen MR) is 86.0 cm³/mol. The molecule has 1 aliphatic rings. The lowest BCUT2D eigenvalue weighted by Gasteiger charge is -2.29. The molecule has 1 saturated heterocycles. The third-order valence-electron chi connectivity index (χ3n) is 3.93. The van der Waals surface area contributed by atoms with Crippen LogP contribution in [0.5, 0.6) is 0 Å². The predicted octanol–water partition coefficient (Wildman–Crippen LogP) is 1.82. The van der Waals surface area contributed by atoms with Gasteiger partial charge in [-0.3, -0.25) is 24.8 Å². The summed E-state index contributed by atoms with van der Waals surface area (Å²) in [5, 5.41) is 3.23. The van der Waals surface area contributed by atoms with Gasteiger partial charge >= 0.3 is 12.2 Å². The fourth-order valence-corrected chi connectivity index (χ4v) is 2.57. The maximum Gasteiger partial charge on any atom is 0.440 e. The number of nitrogens with one attached hydrogen (secondary N) is 2. The van der Waals surface area contributed by atoms with E-state index in [1.54, 1.807) is 16.7 Å². The Morgan fingerprint density at radius 1 is 1.15 bits per heavy atom. The maximum atomic E-state index is 13.7. The first-order valence-electron chi connectivity index (χ1n) is 7.72. The maximum absolute atomic E-state index is 13.7. The molecule has 2 N–H and O–H groups in total. The van der Waals surface area contributed by atoms with Gasteiger partial charge in [-0.1, -0.05) is 24.3 Å². The Labute approximate surface area is 151 Å². The molecular weight excluding hydrogens is 365 g/mol. The number of imide groups is 1. The highest BCUT2D eigenvalue weighted by Gasteiger charge is 2.68. The van der Waals surface area contributed by atoms with Gasteiger partial charge in [0.05, 0.1) is 6.54 Å². The van der Waals surface area contributed by atoms with Crippen LogP contribution in [0.2, 0.25) is 0 Å². The molecule has 0 unspecified atom stereocenters. The number of aromatic nitrogens is 1. The lowest BCUT2D eigenvalue weighted by atomic mass is 10.1. The number of carbonyl (C=O) groups is 3. The van der Waals surface area contributed by atoms with Crippen LogP contribution in [0.3, 0.4) is 0 Å². The van der Waals surface area contributed by atoms with E-state index in [2.05, 4.69) is 4.98 Å². The van der Waals surface area contributed by atoms with E-state index in [0.717, 1.165) is 0 Å². The number of hydrogen-bond acceptors (Lipinski definition) is 4. The third-order valence-corrected chi connectivity index (χ3v) is 3.93. The number of rotatable bonds is 4. The van der Waals surface area contributed by atoms with Crippen molar-refractivity contribution in [2.24, 2.45) is 0 Å². The van der Waals surface area contributed by atoms with Gasteiger partial charge in [-0.2, -0.15) is 13.2 Å². The lowest BCUT2D eigenvalue weighted by Crippen LogP contribution is -2.69. The Bertz CT molecular complexity index is 874. The number of amides is 4. The van der Waals surface area contributed by atoms with Crippen molar-refractivity contribution in [3.8, 4) is 0 Å². The van der Waals surface area contributed by atoms with Gasteiger partial charge in [0.2, 0.25) is 0 Å². The van der Waals surface area contributed by atoms with Crippen molar-refractivity contribution in [3.05, 3.63) is 66.0 Å². The molecule has 0 aliphatic carbocycles. The molecule has 1 fully saturated rings. The molecular formula is C17H13F3N4O3. The normalized spacial score (nSPS) is 19.7. The van der Waals surface area contributed by atoms with Crippen molar-refractivity contribution in [1.82, 2.24) is 20.5 Å². The summed E-state index contributed by atoms with van der Waals surface area (Å²) in [5.74, 6) is -2.77. The molecule has 0 radical (unpaired) electrons. The SMILES string of the molecule is O=C(N[C@]1(C(F)(F)F)NC(=O)N(Cc2cccnc2)C1=O)c1ccccc1. The Balaban J connectivity index is 1.92. The topological polar surface area (TPSA) is 91.4 Å². The van der Waals surface area contributed by atoms with Crippen molar-refractivity contribution >= 4 is 17.8 Å². The van der Waals surface area contributed by atoms with Crippen LogP contribution in [0.4, 0.5) is 18.0 Å². The Hall–Kier alpha value is -3.43. The van der Waals surface area contributed by atoms with Crippen molar-refractivity contribution in [2.45, 2.75) is 18.4 Å². The van der Waals surface area contributed by atoms with Gasteiger partial charge in [-0.25, -0.2) is 4.79 Å². The molecule has 140 valence electrons. The van der Waals surface area contributed by atoms with E-state index in [9.17, 15) is 27.6 Å². The minimum Gasteiger partial charge on any atom is -0.314 e. The molecule has 1 aliphatic heterocycles. The molecule has 4 amide bonds. The van der Waals surface area contributed by atoms with Crippen molar-refractivity contribution in [1.29, 1.82) is 0 Å². The zero-order chi connectivity index (χ0) is 19.7. The van der Waals surface area contributed by atoms with E-state index in [4.69, 9.17) is 0 Å². The first kappa shape index (κ1) is 18.4. The van der Waals surface area contributed by atoms with Gasteiger partial charge in [0.15, 0.2) is 0 Å². The second-order valence-electron chi connectivity index (χ2n) is 5.75. The Kier molecular flexibility index (Phi) is 4.56. The highest BCUT2D eigenvalue weighted by atomic mass is 19.4. The zero-order valence-electron chi connectivity index (χ0n) is 13.7. The second-order valence-corrected chi connectivity index (χ2v) is 5.75. The number of hydrogen-bond donors (Lipinski definition) is 2. The van der Waals surface area contributed by atoms with Gasteiger partial charge < -0.3 is 5.32 Å². The molecule has 1 atom stereocenters. The van der Waals surface area contributed by atoms with Crippen LogP contribution in [0, 0.1) is 0 Å². The van der Waals surface area contributed by atoms with Gasteiger partial charge in [0.25, 0.3) is 17.5 Å². The van der Waals surface area contributed by atoms with E-state index in [-0.39, 0.29) is 5.56 Å². The smallest absolute Gasteiger partial charge is 0.314 e. The summed E-state index contributed by atoms with van der Waals surface area (Å²) in [5.41, 5.74) is -3.28. The number of urea groups is 1. The van der Waals surface area contributed by atoms with Gasteiger partial charge in [0.1, 0.15) is 0 Å². The number of benzene rings is 1. The summed E-state index contributed by atoms with van der Waals surface area (Å²) in [4.78, 5) is 41.0. The molecule has 1 aromatic carbocycles. The molecule has 0 saturated carbocycles. The second kappa shape index (κ2) is 6.71. The number of halogens is 3. The first-order valence-corrected chi connectivity index (χ1v) is 7.72. The standard InChI is InChI=1S/C17H13F3N4O3/c18-17(19,20)16(22-13(25)12-6-2-1-3-7-12)14(26)24(15(27)23-16)10-11-5-4-8-21-9-11/h1-9H,10H2,(H,22,25)(H,23,27)/t16-/m0/s1. The number of carbonyl (C=O) groups excluding carboxylic acids is 3. The van der Waals surface area contributed by atoms with Gasteiger partial charge in [-0.05, 0) is 23.8 Å². The molecule has 3 rings (SSSR count). The van der Waals surface area contributed by atoms with Crippen LogP contribution >= 0.6 is 0 Å². The minimum absolute atomic E-state index is 0.0890. The van der Waals surface area contributed by atoms with Crippen LogP contribution in [0.25, 0.3) is 0 Å². The Morgan fingerprint density at radius 3 is 2.44 bits per heavy atom. The highest BCUT2D eigenvalue weighted by molar-refractivity contribution is 6.10. The molecule has 27 heavy (non-hydrogen) atoms. The van der Waals surface area contributed by atoms with Crippen LogP contribution in [-0.2, 0) is 11.3 Å². The van der Waals surface area contributed by atoms with Gasteiger partial charge in [-0.15, -0.1) is 0 Å². The molecule has 10 heteroatoms. The summed E-state index contributed by atoms with van der Waals surface area (Å²) in [6.45, 7) is -0.419. The average molecular weight is 378 g/mol. The van der Waals surface area contributed by atoms with Crippen LogP contribution in [0.1, 0.15) is 15.9 Å². The molecule has 0 spiro atoms. The lowest BCUT2D eigenvalue weighted by molar-refractivity contribution is -0.200. The van der Waals surface area contributed by atoms with E-state index in [0.29, 0.717) is 10.5 Å². The number of pyridine rings is 1. The molecule has 1 aromatic heterocycles. The van der Waals surface area contributed by atoms with Crippen molar-refractivity contribution in [3.63, 3.8) is 0 Å². The third kappa shape index (κ3) is 3.33. The fourth-order valence-electron chi connectivity index (χ4n) is 2.57. The molecule has 0 bridgehead atoms. The number of nitrogens with zero attached hydrogens (tertiary/aromatic N) is 2. The number of alkyl halides is 3. The van der Waals surface area contributed by atoms with E-state index in [1.165, 1.54) is 48.8 Å². The molecule has 7 nitrogen and oxygen atoms in total. The Morgan fingerprint density at radius 2 is 1.85 bits per heavy atom. The average Bonchev–Trinajstić information content (AvgIpc) is 2.88. The fraction of sp³-hybridized carbons (Fsp3) is 0.176. The van der Waals surface area contributed by atoms with Gasteiger partial charge in [0, 0.05) is 18.0 Å². The largest absolute Gasteiger partial charge is 0.440 e. The monoisotopic (exact) mass is 378 g/mol. The zero-order valence-corrected chi connectivity index (χ0v) is 13.7. The summed E-state index contributed by atoms with van der Waals surface area (Å²) in [6.07, 6.45) is -2.50. The molecule has 2 aromatic rings. The van der Waals surface area contributed by atoms with Crippen LogP contribution in [-0.4, -0.2) is 39.6 Å². The van der Waals surface area contributed by atoms with Crippen molar-refractivity contribution < 1.29 is 27.6 Å². The highest BCUT2D eigenvalue weighted by Crippen LogP contribution is 2.34.